The van der Waals surface area contributed by atoms with Gasteiger partial charge >= 0.3 is 16.4 Å². The number of ether oxygens (including phenoxy) is 4. The minimum atomic E-state index is -5.07. The molecule has 0 aromatic carbocycles. The highest BCUT2D eigenvalue weighted by Gasteiger charge is 2.48. The summed E-state index contributed by atoms with van der Waals surface area (Å²) in [6, 6.07) is 0. The van der Waals surface area contributed by atoms with Crippen LogP contribution in [-0.4, -0.2) is 97.5 Å². The third kappa shape index (κ3) is 38.5. The second kappa shape index (κ2) is 45.9. The normalized spacial score (nSPS) is 19.8. The smallest absolute Gasteiger partial charge is 0.397 e. The van der Waals surface area contributed by atoms with Crippen LogP contribution in [0.5, 0.6) is 0 Å². The van der Waals surface area contributed by atoms with E-state index in [-0.39, 0.29) is 19.6 Å². The SMILES string of the molecule is CC/C=C\C/C=C\C/C=C\C/C=C\C/C=C\CCCCCCOCC(COC1OC(CO)C(O)C(OS(=O)(=O)O)C1O)OC(=O)CCCCCCCCCCCCCCCCCCCCCCC. The molecule has 12 nitrogen and oxygen atoms in total. The molecule has 6 atom stereocenters. The molecular weight excluding hydrogens is 885 g/mol. The van der Waals surface area contributed by atoms with Gasteiger partial charge in [-0.1, -0.05) is 216 Å². The van der Waals surface area contributed by atoms with Crippen molar-refractivity contribution in [2.45, 2.75) is 256 Å². The van der Waals surface area contributed by atoms with E-state index in [1.54, 1.807) is 0 Å². The molecule has 1 aliphatic heterocycles. The van der Waals surface area contributed by atoms with Crippen LogP contribution in [0.15, 0.2) is 60.8 Å². The monoisotopic (exact) mass is 983 g/mol. The quantitative estimate of drug-likeness (QED) is 0.0197. The number of aliphatic hydroxyl groups excluding tert-OH is 3. The van der Waals surface area contributed by atoms with E-state index in [0.29, 0.717) is 13.0 Å². The van der Waals surface area contributed by atoms with Gasteiger partial charge in [-0.15, -0.1) is 0 Å². The van der Waals surface area contributed by atoms with Gasteiger partial charge in [0, 0.05) is 13.0 Å². The lowest BCUT2D eigenvalue weighted by Crippen LogP contribution is -2.60. The fraction of sp³-hybridized carbons (Fsp3) is 0.800. The predicted molar refractivity (Wildman–Crippen MR) is 276 cm³/mol. The van der Waals surface area contributed by atoms with Gasteiger partial charge in [0.05, 0.1) is 19.8 Å². The van der Waals surface area contributed by atoms with Gasteiger partial charge in [-0.2, -0.15) is 8.42 Å². The molecule has 1 saturated heterocycles. The van der Waals surface area contributed by atoms with Gasteiger partial charge in [-0.3, -0.25) is 9.35 Å². The first kappa shape index (κ1) is 63.8. The highest BCUT2D eigenvalue weighted by molar-refractivity contribution is 7.80. The Morgan fingerprint density at radius 1 is 0.574 bits per heavy atom. The molecule has 0 aromatic rings. The number of rotatable bonds is 47. The summed E-state index contributed by atoms with van der Waals surface area (Å²) in [7, 11) is -5.07. The number of unbranched alkanes of at least 4 members (excludes halogenated alkanes) is 24. The fourth-order valence-electron chi connectivity index (χ4n) is 8.11. The van der Waals surface area contributed by atoms with Gasteiger partial charge in [0.1, 0.15) is 30.5 Å². The van der Waals surface area contributed by atoms with E-state index in [1.807, 2.05) is 0 Å². The lowest BCUT2D eigenvalue weighted by molar-refractivity contribution is -0.301. The van der Waals surface area contributed by atoms with E-state index in [2.05, 4.69) is 78.8 Å². The maximum atomic E-state index is 12.9. The first-order valence-corrected chi connectivity index (χ1v) is 28.4. The van der Waals surface area contributed by atoms with Crippen molar-refractivity contribution in [3.63, 3.8) is 0 Å². The van der Waals surface area contributed by atoms with Crippen molar-refractivity contribution in [1.82, 2.24) is 0 Å². The van der Waals surface area contributed by atoms with Gasteiger partial charge in [0.2, 0.25) is 0 Å². The minimum Gasteiger partial charge on any atom is -0.457 e. The van der Waals surface area contributed by atoms with Gasteiger partial charge < -0.3 is 34.3 Å². The zero-order chi connectivity index (χ0) is 49.6. The highest BCUT2D eigenvalue weighted by atomic mass is 32.3. The van der Waals surface area contributed by atoms with Crippen molar-refractivity contribution in [3.05, 3.63) is 60.8 Å². The first-order chi connectivity index (χ1) is 33.1. The predicted octanol–water partition coefficient (Wildman–Crippen LogP) is 12.9. The highest BCUT2D eigenvalue weighted by Crippen LogP contribution is 2.26. The largest absolute Gasteiger partial charge is 0.457 e. The summed E-state index contributed by atoms with van der Waals surface area (Å²) in [5.74, 6) is -0.406. The molecule has 0 spiro atoms. The van der Waals surface area contributed by atoms with Gasteiger partial charge in [-0.05, 0) is 57.8 Å². The Morgan fingerprint density at radius 2 is 1.01 bits per heavy atom. The zero-order valence-electron chi connectivity index (χ0n) is 42.7. The number of hydrogen-bond donors (Lipinski definition) is 4. The molecule has 0 aromatic heterocycles. The molecule has 1 rings (SSSR count). The molecule has 0 radical (unpaired) electrons. The van der Waals surface area contributed by atoms with E-state index < -0.39 is 59.8 Å². The number of carbonyl (C=O) groups excluding carboxylic acids is 1. The summed E-state index contributed by atoms with van der Waals surface area (Å²) in [6.45, 7) is 3.85. The summed E-state index contributed by atoms with van der Waals surface area (Å²) in [4.78, 5) is 12.9. The van der Waals surface area contributed by atoms with E-state index in [1.165, 1.54) is 109 Å². The molecule has 0 saturated carbocycles. The van der Waals surface area contributed by atoms with Crippen molar-refractivity contribution in [1.29, 1.82) is 0 Å². The van der Waals surface area contributed by atoms with Crippen molar-refractivity contribution < 1.29 is 56.2 Å². The lowest BCUT2D eigenvalue weighted by Gasteiger charge is -2.41. The molecule has 1 heterocycles. The van der Waals surface area contributed by atoms with Crippen LogP contribution in [-0.2, 0) is 38.3 Å². The Hall–Kier alpha value is -2.20. The second-order valence-electron chi connectivity index (χ2n) is 18.4. The van der Waals surface area contributed by atoms with Crippen LogP contribution in [0.3, 0.4) is 0 Å². The van der Waals surface area contributed by atoms with E-state index in [0.717, 1.165) is 83.5 Å². The van der Waals surface area contributed by atoms with Crippen LogP contribution in [0.2, 0.25) is 0 Å². The molecular formula is C55H98O12S. The van der Waals surface area contributed by atoms with Gasteiger partial charge in [-0.25, -0.2) is 4.18 Å². The van der Waals surface area contributed by atoms with Crippen molar-refractivity contribution >= 4 is 16.4 Å². The topological polar surface area (TPSA) is 178 Å². The second-order valence-corrected chi connectivity index (χ2v) is 19.5. The molecule has 4 N–H and O–H groups in total. The fourth-order valence-corrected chi connectivity index (χ4v) is 8.62. The van der Waals surface area contributed by atoms with Gasteiger partial charge in [0.25, 0.3) is 0 Å². The first-order valence-electron chi connectivity index (χ1n) is 27.0. The van der Waals surface area contributed by atoms with Crippen LogP contribution in [0.4, 0.5) is 0 Å². The Balaban J connectivity index is 2.35. The number of esters is 1. The van der Waals surface area contributed by atoms with Crippen LogP contribution >= 0.6 is 0 Å². The summed E-state index contributed by atoms with van der Waals surface area (Å²) < 4.78 is 59.3. The third-order valence-electron chi connectivity index (χ3n) is 12.2. The lowest BCUT2D eigenvalue weighted by atomic mass is 9.99. The molecule has 0 amide bonds. The number of carbonyl (C=O) groups is 1. The van der Waals surface area contributed by atoms with Crippen molar-refractivity contribution in [2.75, 3.05) is 26.4 Å². The van der Waals surface area contributed by atoms with E-state index in [4.69, 9.17) is 18.9 Å². The van der Waals surface area contributed by atoms with E-state index >= 15 is 0 Å². The van der Waals surface area contributed by atoms with Crippen molar-refractivity contribution in [3.8, 4) is 0 Å². The summed E-state index contributed by atoms with van der Waals surface area (Å²) in [5, 5.41) is 30.8. The average Bonchev–Trinajstić information content (AvgIpc) is 3.31. The van der Waals surface area contributed by atoms with E-state index in [9.17, 15) is 33.1 Å². The summed E-state index contributed by atoms with van der Waals surface area (Å²) in [5.41, 5.74) is 0. The standard InChI is InChI=1S/C55H98O12S/c1-3-5-7-9-11-13-15-17-19-21-23-25-26-28-30-32-34-36-38-40-42-44-51(57)65-49(48-64-55-53(59)54(67-68(60,61)62)52(58)50(46-56)66-55)47-63-45-43-41-39-37-35-33-31-29-27-24-22-20-18-16-14-12-10-8-6-4-2/h6,8,12,14,18,20,24,27,31,33,49-50,52-56,58-59H,3-5,7,9-11,13,15-17,19,21-23,25-26,28-30,32,34-48H2,1-2H3,(H,60,61,62)/b8-6-,14-12-,20-18-,27-24-,33-31-. The molecule has 0 bridgehead atoms. The number of allylic oxidation sites excluding steroid dienone is 10. The minimum absolute atomic E-state index is 0.0188. The summed E-state index contributed by atoms with van der Waals surface area (Å²) in [6.07, 6.45) is 49.7. The van der Waals surface area contributed by atoms with Gasteiger partial charge in [0.15, 0.2) is 6.29 Å². The summed E-state index contributed by atoms with van der Waals surface area (Å²) >= 11 is 0. The Labute approximate surface area is 414 Å². The molecule has 6 unspecified atom stereocenters. The number of aliphatic hydroxyl groups is 3. The van der Waals surface area contributed by atoms with Crippen LogP contribution < -0.4 is 0 Å². The van der Waals surface area contributed by atoms with Crippen LogP contribution in [0.25, 0.3) is 0 Å². The van der Waals surface area contributed by atoms with Crippen LogP contribution in [0, 0.1) is 0 Å². The Bertz CT molecular complexity index is 1410. The molecule has 13 heteroatoms. The third-order valence-corrected chi connectivity index (χ3v) is 12.6. The maximum absolute atomic E-state index is 12.9. The Morgan fingerprint density at radius 3 is 1.49 bits per heavy atom. The Kier molecular flexibility index (Phi) is 43.1. The molecule has 68 heavy (non-hydrogen) atoms. The molecule has 0 aliphatic carbocycles. The van der Waals surface area contributed by atoms with Crippen molar-refractivity contribution in [2.24, 2.45) is 0 Å². The van der Waals surface area contributed by atoms with Crippen LogP contribution in [0.1, 0.15) is 219 Å². The molecule has 1 aliphatic rings. The maximum Gasteiger partial charge on any atom is 0.397 e. The zero-order valence-corrected chi connectivity index (χ0v) is 43.5. The average molecular weight is 983 g/mol. The molecule has 396 valence electrons. The molecule has 1 fully saturated rings. The number of hydrogen-bond acceptors (Lipinski definition) is 11.